The Balaban J connectivity index is 0.000000318. The van der Waals surface area contributed by atoms with Crippen LogP contribution in [0, 0.1) is 20.8 Å². The van der Waals surface area contributed by atoms with Crippen LogP contribution >= 0.6 is 0 Å². The molecule has 0 radical (unpaired) electrons. The fourth-order valence-corrected chi connectivity index (χ4v) is 5.44. The number of hydrogen-bond acceptors (Lipinski definition) is 2. The molecule has 2 aromatic heterocycles. The first-order chi connectivity index (χ1) is 24.9. The van der Waals surface area contributed by atoms with Crippen molar-refractivity contribution in [1.29, 1.82) is 0 Å². The van der Waals surface area contributed by atoms with Crippen molar-refractivity contribution in [3.63, 3.8) is 0 Å². The summed E-state index contributed by atoms with van der Waals surface area (Å²) < 4.78 is 0. The van der Waals surface area contributed by atoms with Crippen molar-refractivity contribution in [2.75, 3.05) is 0 Å². The predicted octanol–water partition coefficient (Wildman–Crippen LogP) is 14.8. The summed E-state index contributed by atoms with van der Waals surface area (Å²) in [5, 5.41) is 0. The van der Waals surface area contributed by atoms with E-state index in [0.717, 1.165) is 45.0 Å². The van der Waals surface area contributed by atoms with E-state index in [1.807, 2.05) is 90.9 Å². The van der Waals surface area contributed by atoms with Crippen LogP contribution in [0.5, 0.6) is 0 Å². The number of aromatic nitrogens is 2. The van der Waals surface area contributed by atoms with Gasteiger partial charge in [-0.3, -0.25) is 0 Å². The van der Waals surface area contributed by atoms with Crippen LogP contribution in [-0.4, -0.2) is 9.97 Å². The van der Waals surface area contributed by atoms with Gasteiger partial charge in [0.1, 0.15) is 0 Å². The first-order valence-electron chi connectivity index (χ1n) is 18.5. The Bertz CT molecular complexity index is 1840. The summed E-state index contributed by atoms with van der Waals surface area (Å²) in [6.45, 7) is 22.5. The number of allylic oxidation sites excluding steroid dienone is 4. The molecule has 0 bridgehead atoms. The van der Waals surface area contributed by atoms with E-state index in [9.17, 15) is 0 Å². The van der Waals surface area contributed by atoms with E-state index in [2.05, 4.69) is 137 Å². The standard InChI is InChI=1S/C25H25N.C18H15N.3C2H6/c1-5-10-20(6-2)22-16-24(21-11-8-7-9-12-21)26-25(17-22)23-14-18(3)13-19(4)15-23;1-14-12-17(15-8-4-2-5-9-15)19-18(13-14)16-10-6-3-7-11-16;3*1-2/h5-17H,1-4H3;2-13H,1H3;3*1-2H3/b10-5-,20-6+;;;;. The third-order valence-electron chi connectivity index (χ3n) is 7.51. The number of nitrogens with zero attached hydrogens (tertiary/aromatic N) is 2. The first-order valence-corrected chi connectivity index (χ1v) is 18.5. The van der Waals surface area contributed by atoms with Gasteiger partial charge in [-0.1, -0.05) is 168 Å². The summed E-state index contributed by atoms with van der Waals surface area (Å²) in [4.78, 5) is 9.76. The van der Waals surface area contributed by atoms with Crippen LogP contribution in [-0.2, 0) is 0 Å². The quantitative estimate of drug-likeness (QED) is 0.164. The Morgan fingerprint density at radius 1 is 0.412 bits per heavy atom. The summed E-state index contributed by atoms with van der Waals surface area (Å²) >= 11 is 0. The van der Waals surface area contributed by atoms with Crippen LogP contribution in [0.3, 0.4) is 0 Å². The summed E-state index contributed by atoms with van der Waals surface area (Å²) in [6.07, 6.45) is 6.37. The van der Waals surface area contributed by atoms with Gasteiger partial charge in [-0.15, -0.1) is 0 Å². The molecule has 0 atom stereocenters. The molecule has 4 aromatic carbocycles. The second kappa shape index (κ2) is 23.1. The van der Waals surface area contributed by atoms with Gasteiger partial charge in [-0.25, -0.2) is 9.97 Å². The van der Waals surface area contributed by atoms with Crippen molar-refractivity contribution in [3.05, 3.63) is 174 Å². The van der Waals surface area contributed by atoms with Crippen molar-refractivity contribution in [2.24, 2.45) is 0 Å². The molecular weight excluding hydrogens is 617 g/mol. The van der Waals surface area contributed by atoms with Gasteiger partial charge in [-0.2, -0.15) is 0 Å². The Morgan fingerprint density at radius 2 is 0.745 bits per heavy atom. The highest BCUT2D eigenvalue weighted by Crippen LogP contribution is 2.30. The molecule has 0 spiro atoms. The maximum absolute atomic E-state index is 4.98. The van der Waals surface area contributed by atoms with E-state index < -0.39 is 0 Å². The molecule has 6 aromatic rings. The molecule has 0 N–H and O–H groups in total. The highest BCUT2D eigenvalue weighted by molar-refractivity contribution is 5.80. The van der Waals surface area contributed by atoms with Gasteiger partial charge in [0.25, 0.3) is 0 Å². The lowest BCUT2D eigenvalue weighted by Crippen LogP contribution is -1.93. The third kappa shape index (κ3) is 12.8. The minimum Gasteiger partial charge on any atom is -0.248 e. The molecule has 264 valence electrons. The van der Waals surface area contributed by atoms with E-state index >= 15 is 0 Å². The Hall–Kier alpha value is -5.34. The van der Waals surface area contributed by atoms with Gasteiger partial charge in [0.2, 0.25) is 0 Å². The molecular formula is C49H58N2. The van der Waals surface area contributed by atoms with Crippen LogP contribution in [0.15, 0.2) is 152 Å². The highest BCUT2D eigenvalue weighted by Gasteiger charge is 2.10. The molecule has 0 amide bonds. The van der Waals surface area contributed by atoms with Crippen LogP contribution in [0.2, 0.25) is 0 Å². The van der Waals surface area contributed by atoms with E-state index in [1.165, 1.54) is 27.8 Å². The molecule has 0 saturated carbocycles. The molecule has 0 aliphatic heterocycles. The summed E-state index contributed by atoms with van der Waals surface area (Å²) in [7, 11) is 0. The Morgan fingerprint density at radius 3 is 1.10 bits per heavy atom. The zero-order valence-corrected chi connectivity index (χ0v) is 32.8. The van der Waals surface area contributed by atoms with E-state index in [-0.39, 0.29) is 0 Å². The fourth-order valence-electron chi connectivity index (χ4n) is 5.44. The zero-order chi connectivity index (χ0) is 37.6. The first kappa shape index (κ1) is 41.8. The van der Waals surface area contributed by atoms with Gasteiger partial charge in [0.05, 0.1) is 22.8 Å². The van der Waals surface area contributed by atoms with Gasteiger partial charge < -0.3 is 0 Å². The number of benzene rings is 4. The third-order valence-corrected chi connectivity index (χ3v) is 7.51. The van der Waals surface area contributed by atoms with Crippen molar-refractivity contribution in [1.82, 2.24) is 9.97 Å². The van der Waals surface area contributed by atoms with Crippen LogP contribution < -0.4 is 0 Å². The second-order valence-corrected chi connectivity index (χ2v) is 11.3. The average Bonchev–Trinajstić information content (AvgIpc) is 3.20. The highest BCUT2D eigenvalue weighted by atomic mass is 14.7. The molecule has 2 heterocycles. The molecule has 0 unspecified atom stereocenters. The molecule has 0 aliphatic carbocycles. The van der Waals surface area contributed by atoms with Crippen molar-refractivity contribution in [3.8, 4) is 45.0 Å². The number of hydrogen-bond donors (Lipinski definition) is 0. The number of rotatable bonds is 6. The Kier molecular flexibility index (Phi) is 19.0. The predicted molar refractivity (Wildman–Crippen MR) is 227 cm³/mol. The molecule has 2 nitrogen and oxygen atoms in total. The normalized spacial score (nSPS) is 10.3. The van der Waals surface area contributed by atoms with E-state index in [0.29, 0.717) is 0 Å². The topological polar surface area (TPSA) is 25.8 Å². The summed E-state index contributed by atoms with van der Waals surface area (Å²) in [5.41, 5.74) is 14.8. The molecule has 0 saturated heterocycles. The zero-order valence-electron chi connectivity index (χ0n) is 32.8. The van der Waals surface area contributed by atoms with Crippen molar-refractivity contribution in [2.45, 2.75) is 76.2 Å². The van der Waals surface area contributed by atoms with Crippen LogP contribution in [0.4, 0.5) is 0 Å². The summed E-state index contributed by atoms with van der Waals surface area (Å²) in [6, 6.07) is 46.2. The lowest BCUT2D eigenvalue weighted by molar-refractivity contribution is 1.29. The molecule has 6 rings (SSSR count). The number of pyridine rings is 2. The van der Waals surface area contributed by atoms with Gasteiger partial charge in [-0.05, 0) is 87.7 Å². The average molecular weight is 675 g/mol. The monoisotopic (exact) mass is 674 g/mol. The minimum atomic E-state index is 1.00. The molecule has 51 heavy (non-hydrogen) atoms. The van der Waals surface area contributed by atoms with E-state index in [1.54, 1.807) is 0 Å². The molecule has 0 aliphatic rings. The van der Waals surface area contributed by atoms with E-state index in [4.69, 9.17) is 9.97 Å². The van der Waals surface area contributed by atoms with Crippen LogP contribution in [0.1, 0.15) is 77.6 Å². The Labute approximate surface area is 309 Å². The largest absolute Gasteiger partial charge is 0.248 e. The van der Waals surface area contributed by atoms with Crippen molar-refractivity contribution < 1.29 is 0 Å². The number of aryl methyl sites for hydroxylation is 3. The second-order valence-electron chi connectivity index (χ2n) is 11.3. The van der Waals surface area contributed by atoms with Gasteiger partial charge in [0, 0.05) is 22.3 Å². The maximum atomic E-state index is 4.98. The molecule has 2 heteroatoms. The maximum Gasteiger partial charge on any atom is 0.0715 e. The van der Waals surface area contributed by atoms with Crippen molar-refractivity contribution >= 4 is 5.57 Å². The van der Waals surface area contributed by atoms with Gasteiger partial charge >= 0.3 is 0 Å². The van der Waals surface area contributed by atoms with Gasteiger partial charge in [0.15, 0.2) is 0 Å². The lowest BCUT2D eigenvalue weighted by atomic mass is 9.98. The summed E-state index contributed by atoms with van der Waals surface area (Å²) in [5.74, 6) is 0. The SMILES string of the molecule is C/C=C\C(=C/C)c1cc(-c2ccccc2)nc(-c2cc(C)cc(C)c2)c1.CC.CC.CC.Cc1cc(-c2ccccc2)nc(-c2ccccc2)c1. The van der Waals surface area contributed by atoms with Crippen LogP contribution in [0.25, 0.3) is 50.6 Å². The fraction of sp³-hybridized carbons (Fsp3) is 0.224. The smallest absolute Gasteiger partial charge is 0.0715 e. The lowest BCUT2D eigenvalue weighted by Gasteiger charge is -2.12. The minimum absolute atomic E-state index is 1.00. The molecule has 0 fully saturated rings.